The van der Waals surface area contributed by atoms with Gasteiger partial charge in [-0.3, -0.25) is 4.79 Å². The highest BCUT2D eigenvalue weighted by atomic mass is 16.1. The lowest BCUT2D eigenvalue weighted by Crippen LogP contribution is -2.34. The van der Waals surface area contributed by atoms with Gasteiger partial charge in [0.25, 0.3) is 5.91 Å². The number of nitrogens with one attached hydrogen (secondary N) is 2. The minimum absolute atomic E-state index is 0.0331. The number of hydrogen-bond acceptors (Lipinski definition) is 2. The zero-order valence-corrected chi connectivity index (χ0v) is 16.2. The number of aryl methyl sites for hydroxylation is 2. The number of amides is 1. The zero-order valence-electron chi connectivity index (χ0n) is 16.2. The molecular formula is C22H27N3O. The average molecular weight is 349 g/mol. The Balaban J connectivity index is 1.72. The number of aromatic amines is 1. The second-order valence-corrected chi connectivity index (χ2v) is 7.24. The molecule has 3 aromatic rings. The minimum atomic E-state index is -0.0331. The highest BCUT2D eigenvalue weighted by Crippen LogP contribution is 2.24. The summed E-state index contributed by atoms with van der Waals surface area (Å²) in [5.74, 6) is -0.0331. The first kappa shape index (κ1) is 18.1. The number of fused-ring (bicyclic) bond motifs is 1. The Morgan fingerprint density at radius 3 is 2.46 bits per heavy atom. The van der Waals surface area contributed by atoms with Gasteiger partial charge in [-0.25, -0.2) is 0 Å². The predicted molar refractivity (Wildman–Crippen MR) is 109 cm³/mol. The molecule has 136 valence electrons. The third kappa shape index (κ3) is 3.59. The monoisotopic (exact) mass is 349 g/mol. The Labute approximate surface area is 155 Å². The van der Waals surface area contributed by atoms with Gasteiger partial charge >= 0.3 is 0 Å². The number of aromatic nitrogens is 1. The van der Waals surface area contributed by atoms with E-state index < -0.39 is 0 Å². The molecule has 0 aliphatic heterocycles. The molecule has 3 rings (SSSR count). The lowest BCUT2D eigenvalue weighted by atomic mass is 10.0. The van der Waals surface area contributed by atoms with Gasteiger partial charge in [0.15, 0.2) is 0 Å². The van der Waals surface area contributed by atoms with E-state index in [2.05, 4.69) is 52.5 Å². The van der Waals surface area contributed by atoms with Crippen LogP contribution >= 0.6 is 0 Å². The van der Waals surface area contributed by atoms with Crippen molar-refractivity contribution >= 4 is 22.5 Å². The van der Waals surface area contributed by atoms with Crippen molar-refractivity contribution in [1.29, 1.82) is 0 Å². The molecule has 0 aliphatic rings. The molecule has 1 aromatic heterocycles. The zero-order chi connectivity index (χ0) is 18.8. The van der Waals surface area contributed by atoms with Crippen LogP contribution in [0.1, 0.15) is 34.1 Å². The molecule has 2 aromatic carbocycles. The van der Waals surface area contributed by atoms with E-state index in [9.17, 15) is 4.79 Å². The molecule has 0 saturated heterocycles. The van der Waals surface area contributed by atoms with Crippen LogP contribution in [0.4, 0.5) is 5.69 Å². The first-order valence-corrected chi connectivity index (χ1v) is 9.02. The molecule has 0 radical (unpaired) electrons. The van der Waals surface area contributed by atoms with Gasteiger partial charge in [-0.15, -0.1) is 0 Å². The average Bonchev–Trinajstić information content (AvgIpc) is 2.89. The fourth-order valence-corrected chi connectivity index (χ4v) is 3.31. The van der Waals surface area contributed by atoms with Crippen LogP contribution in [0.2, 0.25) is 0 Å². The maximum absolute atomic E-state index is 12.8. The fraction of sp³-hybridized carbons (Fsp3) is 0.318. The highest BCUT2D eigenvalue weighted by Gasteiger charge is 2.16. The van der Waals surface area contributed by atoms with Crippen molar-refractivity contribution in [1.82, 2.24) is 10.3 Å². The Hall–Kier alpha value is -2.75. The van der Waals surface area contributed by atoms with Crippen LogP contribution in [0, 0.1) is 13.8 Å². The van der Waals surface area contributed by atoms with Crippen LogP contribution in [0.15, 0.2) is 42.5 Å². The van der Waals surface area contributed by atoms with Crippen LogP contribution in [0.3, 0.4) is 0 Å². The van der Waals surface area contributed by atoms with E-state index in [-0.39, 0.29) is 11.9 Å². The summed E-state index contributed by atoms with van der Waals surface area (Å²) in [5.41, 5.74) is 6.32. The van der Waals surface area contributed by atoms with Gasteiger partial charge in [-0.1, -0.05) is 24.3 Å². The molecule has 0 spiro atoms. The fourth-order valence-electron chi connectivity index (χ4n) is 3.31. The topological polar surface area (TPSA) is 48.1 Å². The quantitative estimate of drug-likeness (QED) is 0.725. The summed E-state index contributed by atoms with van der Waals surface area (Å²) in [5, 5.41) is 4.25. The van der Waals surface area contributed by atoms with Crippen molar-refractivity contribution in [2.45, 2.75) is 33.2 Å². The third-order valence-corrected chi connectivity index (χ3v) is 4.96. The van der Waals surface area contributed by atoms with Gasteiger partial charge in [-0.05, 0) is 56.5 Å². The van der Waals surface area contributed by atoms with Crippen molar-refractivity contribution in [3.8, 4) is 0 Å². The van der Waals surface area contributed by atoms with Crippen LogP contribution in [-0.4, -0.2) is 31.0 Å². The number of benzene rings is 2. The molecule has 1 heterocycles. The van der Waals surface area contributed by atoms with Crippen molar-refractivity contribution in [2.24, 2.45) is 0 Å². The largest absolute Gasteiger partial charge is 0.378 e. The van der Waals surface area contributed by atoms with E-state index in [1.807, 2.05) is 40.1 Å². The molecule has 4 nitrogen and oxygen atoms in total. The van der Waals surface area contributed by atoms with E-state index in [0.717, 1.165) is 23.0 Å². The lowest BCUT2D eigenvalue weighted by Gasteiger charge is -2.16. The second kappa shape index (κ2) is 7.24. The molecule has 0 bridgehead atoms. The maximum atomic E-state index is 12.8. The van der Waals surface area contributed by atoms with Crippen LogP contribution in [-0.2, 0) is 6.42 Å². The number of carbonyl (C=O) groups is 1. The highest BCUT2D eigenvalue weighted by molar-refractivity contribution is 6.06. The maximum Gasteiger partial charge on any atom is 0.253 e. The van der Waals surface area contributed by atoms with Crippen molar-refractivity contribution in [2.75, 3.05) is 19.0 Å². The SMILES string of the molecule is Cc1[nH]c2c(C(=O)N[C@H](C)Cc3ccc(N(C)C)cc3)cccc2c1C. The number of H-pyrrole nitrogens is 1. The summed E-state index contributed by atoms with van der Waals surface area (Å²) in [7, 11) is 4.06. The standard InChI is InChI=1S/C22H27N3O/c1-14(13-17-9-11-18(12-10-17)25(4)5)23-22(26)20-8-6-7-19-15(2)16(3)24-21(19)20/h6-12,14,24H,13H2,1-5H3,(H,23,26)/t14-/m1/s1. The summed E-state index contributed by atoms with van der Waals surface area (Å²) in [4.78, 5) is 18.2. The Bertz CT molecular complexity index is 922. The predicted octanol–water partition coefficient (Wildman–Crippen LogP) is 4.21. The normalized spacial score (nSPS) is 12.2. The van der Waals surface area contributed by atoms with Gasteiger partial charge in [0.2, 0.25) is 0 Å². The molecule has 1 atom stereocenters. The summed E-state index contributed by atoms with van der Waals surface area (Å²) in [6.45, 7) is 6.16. The van der Waals surface area contributed by atoms with Crippen molar-refractivity contribution < 1.29 is 4.79 Å². The van der Waals surface area contributed by atoms with Gasteiger partial charge in [0, 0.05) is 36.9 Å². The van der Waals surface area contributed by atoms with Gasteiger partial charge in [-0.2, -0.15) is 0 Å². The molecule has 26 heavy (non-hydrogen) atoms. The first-order valence-electron chi connectivity index (χ1n) is 9.02. The summed E-state index contributed by atoms with van der Waals surface area (Å²) >= 11 is 0. The molecule has 0 unspecified atom stereocenters. The van der Waals surface area contributed by atoms with E-state index in [4.69, 9.17) is 0 Å². The summed E-state index contributed by atoms with van der Waals surface area (Å²) < 4.78 is 0. The molecule has 2 N–H and O–H groups in total. The van der Waals surface area contributed by atoms with E-state index in [0.29, 0.717) is 5.56 Å². The van der Waals surface area contributed by atoms with Crippen molar-refractivity contribution in [3.05, 3.63) is 64.8 Å². The van der Waals surface area contributed by atoms with E-state index >= 15 is 0 Å². The second-order valence-electron chi connectivity index (χ2n) is 7.24. The molecular weight excluding hydrogens is 322 g/mol. The first-order chi connectivity index (χ1) is 12.4. The third-order valence-electron chi connectivity index (χ3n) is 4.96. The molecule has 0 saturated carbocycles. The van der Waals surface area contributed by atoms with Gasteiger partial charge < -0.3 is 15.2 Å². The minimum Gasteiger partial charge on any atom is -0.378 e. The number of rotatable bonds is 5. The number of nitrogens with zero attached hydrogens (tertiary/aromatic N) is 1. The number of carbonyl (C=O) groups excluding carboxylic acids is 1. The smallest absolute Gasteiger partial charge is 0.253 e. The Kier molecular flexibility index (Phi) is 5.03. The van der Waals surface area contributed by atoms with Crippen LogP contribution in [0.5, 0.6) is 0 Å². The van der Waals surface area contributed by atoms with E-state index in [1.54, 1.807) is 0 Å². The molecule has 1 amide bonds. The number of anilines is 1. The number of para-hydroxylation sites is 1. The molecule has 0 fully saturated rings. The Morgan fingerprint density at radius 2 is 1.81 bits per heavy atom. The van der Waals surface area contributed by atoms with Gasteiger partial charge in [0.05, 0.1) is 11.1 Å². The van der Waals surface area contributed by atoms with Crippen LogP contribution < -0.4 is 10.2 Å². The summed E-state index contributed by atoms with van der Waals surface area (Å²) in [6.07, 6.45) is 0.804. The number of hydrogen-bond donors (Lipinski definition) is 2. The Morgan fingerprint density at radius 1 is 1.12 bits per heavy atom. The summed E-state index contributed by atoms with van der Waals surface area (Å²) in [6, 6.07) is 14.4. The lowest BCUT2D eigenvalue weighted by molar-refractivity contribution is 0.0941. The van der Waals surface area contributed by atoms with Crippen molar-refractivity contribution in [3.63, 3.8) is 0 Å². The van der Waals surface area contributed by atoms with Gasteiger partial charge in [0.1, 0.15) is 0 Å². The molecule has 0 aliphatic carbocycles. The van der Waals surface area contributed by atoms with E-state index in [1.165, 1.54) is 16.8 Å². The molecule has 4 heteroatoms. The van der Waals surface area contributed by atoms with Crippen LogP contribution in [0.25, 0.3) is 10.9 Å².